The third kappa shape index (κ3) is 6.87. The second-order valence-electron chi connectivity index (χ2n) is 8.89. The molecule has 2 aromatic carbocycles. The number of anilines is 4. The predicted octanol–water partition coefficient (Wildman–Crippen LogP) is 8.21. The summed E-state index contributed by atoms with van der Waals surface area (Å²) in [4.78, 5) is 8.07. The molecule has 8 heteroatoms. The summed E-state index contributed by atoms with van der Waals surface area (Å²) >= 11 is 0. The van der Waals surface area contributed by atoms with Crippen LogP contribution >= 0.6 is 0 Å². The van der Waals surface area contributed by atoms with Crippen molar-refractivity contribution in [2.45, 2.75) is 64.0 Å². The molecule has 1 heterocycles. The zero-order valence-corrected chi connectivity index (χ0v) is 19.9. The molecular weight excluding hydrogens is 453 g/mol. The van der Waals surface area contributed by atoms with Crippen molar-refractivity contribution in [1.29, 1.82) is 0 Å². The lowest BCUT2D eigenvalue weighted by Crippen LogP contribution is -2.12. The van der Waals surface area contributed by atoms with Crippen LogP contribution in [-0.2, 0) is 6.18 Å². The van der Waals surface area contributed by atoms with Crippen LogP contribution in [0.25, 0.3) is 0 Å². The van der Waals surface area contributed by atoms with E-state index in [0.29, 0.717) is 24.0 Å². The first-order valence-electron chi connectivity index (χ1n) is 12.2. The van der Waals surface area contributed by atoms with Crippen LogP contribution < -0.4 is 15.4 Å². The highest BCUT2D eigenvalue weighted by Gasteiger charge is 2.35. The fourth-order valence-corrected chi connectivity index (χ4v) is 4.28. The lowest BCUT2D eigenvalue weighted by atomic mass is 9.84. The Balaban J connectivity index is 1.51. The first-order valence-corrected chi connectivity index (χ1v) is 12.2. The smallest absolute Gasteiger partial charge is 0.421 e. The van der Waals surface area contributed by atoms with Crippen molar-refractivity contribution < 1.29 is 17.9 Å². The van der Waals surface area contributed by atoms with E-state index in [2.05, 4.69) is 39.7 Å². The number of rotatable bonds is 9. The van der Waals surface area contributed by atoms with Gasteiger partial charge < -0.3 is 15.4 Å². The summed E-state index contributed by atoms with van der Waals surface area (Å²) < 4.78 is 46.6. The van der Waals surface area contributed by atoms with Gasteiger partial charge in [-0.3, -0.25) is 0 Å². The van der Waals surface area contributed by atoms with Crippen molar-refractivity contribution in [2.75, 3.05) is 17.2 Å². The van der Waals surface area contributed by atoms with Gasteiger partial charge in [0.2, 0.25) is 5.95 Å². The molecule has 35 heavy (non-hydrogen) atoms. The third-order valence-corrected chi connectivity index (χ3v) is 6.20. The topological polar surface area (TPSA) is 59.1 Å². The zero-order chi connectivity index (χ0) is 24.7. The number of ether oxygens (including phenoxy) is 1. The molecule has 2 N–H and O–H groups in total. The minimum absolute atomic E-state index is 0.0845. The van der Waals surface area contributed by atoms with Crippen LogP contribution in [0.5, 0.6) is 5.75 Å². The Bertz CT molecular complexity index is 1100. The number of hydrogen-bond acceptors (Lipinski definition) is 5. The minimum Gasteiger partial charge on any atom is -0.494 e. The number of alkyl halides is 3. The van der Waals surface area contributed by atoms with Crippen LogP contribution in [-0.4, -0.2) is 16.6 Å². The van der Waals surface area contributed by atoms with Crippen LogP contribution in [0.15, 0.2) is 54.7 Å². The third-order valence-electron chi connectivity index (χ3n) is 6.20. The molecule has 1 fully saturated rings. The molecule has 0 bridgehead atoms. The van der Waals surface area contributed by atoms with Gasteiger partial charge in [0.15, 0.2) is 0 Å². The molecule has 186 valence electrons. The normalized spacial score (nSPS) is 14.5. The molecule has 1 saturated carbocycles. The van der Waals surface area contributed by atoms with Gasteiger partial charge in [-0.15, -0.1) is 0 Å². The van der Waals surface area contributed by atoms with Crippen LogP contribution in [0, 0.1) is 0 Å². The summed E-state index contributed by atoms with van der Waals surface area (Å²) in [5.74, 6) is 0.931. The fraction of sp³-hybridized carbons (Fsp3) is 0.407. The maximum atomic E-state index is 13.7. The first kappa shape index (κ1) is 24.8. The molecule has 1 aliphatic carbocycles. The van der Waals surface area contributed by atoms with E-state index in [1.54, 1.807) is 24.3 Å². The van der Waals surface area contributed by atoms with E-state index >= 15 is 0 Å². The SMILES string of the molecule is CCCCOc1cccc(Nc2nc(Nc3ccc(C4CCCCC4)cc3)ncc2C(F)(F)F)c1. The number of hydrogen-bond donors (Lipinski definition) is 2. The Hall–Kier alpha value is -3.29. The minimum atomic E-state index is -4.60. The number of halogens is 3. The van der Waals surface area contributed by atoms with Gasteiger partial charge in [0, 0.05) is 23.6 Å². The molecule has 3 aromatic rings. The van der Waals surface area contributed by atoms with Crippen LogP contribution in [0.2, 0.25) is 0 Å². The Morgan fingerprint density at radius 3 is 2.46 bits per heavy atom. The van der Waals surface area contributed by atoms with E-state index in [4.69, 9.17) is 4.74 Å². The zero-order valence-electron chi connectivity index (χ0n) is 19.9. The summed E-state index contributed by atoms with van der Waals surface area (Å²) in [6, 6.07) is 14.8. The monoisotopic (exact) mass is 484 g/mol. The van der Waals surface area contributed by atoms with Gasteiger partial charge in [-0.2, -0.15) is 18.2 Å². The summed E-state index contributed by atoms with van der Waals surface area (Å²) in [6.45, 7) is 2.61. The second-order valence-corrected chi connectivity index (χ2v) is 8.89. The molecule has 0 spiro atoms. The highest BCUT2D eigenvalue weighted by atomic mass is 19.4. The van der Waals surface area contributed by atoms with Gasteiger partial charge in [0.1, 0.15) is 17.1 Å². The Kier molecular flexibility index (Phi) is 8.10. The standard InChI is InChI=1S/C27H31F3N4O/c1-2-3-16-35-23-11-7-10-22(17-23)32-25-24(27(28,29)30)18-31-26(34-25)33-21-14-12-20(13-15-21)19-8-5-4-6-9-19/h7,10-15,17-19H,2-6,8-9,16H2,1H3,(H2,31,32,33,34). The number of nitrogens with one attached hydrogen (secondary N) is 2. The molecule has 1 aromatic heterocycles. The van der Waals surface area contributed by atoms with Crippen LogP contribution in [0.1, 0.15) is 68.9 Å². The molecule has 0 saturated heterocycles. The van der Waals surface area contributed by atoms with Gasteiger partial charge >= 0.3 is 6.18 Å². The summed E-state index contributed by atoms with van der Waals surface area (Å²) in [7, 11) is 0. The molecule has 0 unspecified atom stereocenters. The summed E-state index contributed by atoms with van der Waals surface area (Å²) in [6.07, 6.45) is 4.32. The van der Waals surface area contributed by atoms with Gasteiger partial charge in [0.05, 0.1) is 6.61 Å². The second kappa shape index (κ2) is 11.4. The van der Waals surface area contributed by atoms with Gasteiger partial charge in [-0.25, -0.2) is 4.98 Å². The van der Waals surface area contributed by atoms with Crippen molar-refractivity contribution in [3.05, 3.63) is 65.9 Å². The first-order chi connectivity index (χ1) is 16.9. The molecule has 5 nitrogen and oxygen atoms in total. The predicted molar refractivity (Wildman–Crippen MR) is 133 cm³/mol. The van der Waals surface area contributed by atoms with Crippen molar-refractivity contribution in [1.82, 2.24) is 9.97 Å². The largest absolute Gasteiger partial charge is 0.494 e. The summed E-state index contributed by atoms with van der Waals surface area (Å²) in [5.41, 5.74) is 1.53. The van der Waals surface area contributed by atoms with Gasteiger partial charge in [0.25, 0.3) is 0 Å². The molecular formula is C27H31F3N4O. The average Bonchev–Trinajstić information content (AvgIpc) is 2.85. The lowest BCUT2D eigenvalue weighted by molar-refractivity contribution is -0.137. The highest BCUT2D eigenvalue weighted by molar-refractivity contribution is 5.64. The van der Waals surface area contributed by atoms with Crippen LogP contribution in [0.4, 0.5) is 36.3 Å². The van der Waals surface area contributed by atoms with Crippen molar-refractivity contribution in [3.63, 3.8) is 0 Å². The Morgan fingerprint density at radius 2 is 1.74 bits per heavy atom. The molecule has 0 aliphatic heterocycles. The highest BCUT2D eigenvalue weighted by Crippen LogP contribution is 2.36. The molecule has 4 rings (SSSR count). The quantitative estimate of drug-likeness (QED) is 0.300. The van der Waals surface area contributed by atoms with E-state index in [1.165, 1.54) is 37.7 Å². The van der Waals surface area contributed by atoms with Gasteiger partial charge in [-0.1, -0.05) is 50.8 Å². The molecule has 0 atom stereocenters. The van der Waals surface area contributed by atoms with Crippen molar-refractivity contribution in [2.24, 2.45) is 0 Å². The van der Waals surface area contributed by atoms with Crippen LogP contribution in [0.3, 0.4) is 0 Å². The molecule has 1 aliphatic rings. The Labute approximate surface area is 204 Å². The van der Waals surface area contributed by atoms with E-state index in [1.807, 2.05) is 12.1 Å². The van der Waals surface area contributed by atoms with Gasteiger partial charge in [-0.05, 0) is 55.0 Å². The fourth-order valence-electron chi connectivity index (χ4n) is 4.28. The Morgan fingerprint density at radius 1 is 0.971 bits per heavy atom. The lowest BCUT2D eigenvalue weighted by Gasteiger charge is -2.22. The number of unbranched alkanes of at least 4 members (excludes halogenated alkanes) is 1. The maximum Gasteiger partial charge on any atom is 0.421 e. The van der Waals surface area contributed by atoms with E-state index < -0.39 is 11.7 Å². The molecule has 0 amide bonds. The van der Waals surface area contributed by atoms with E-state index in [9.17, 15) is 13.2 Å². The molecule has 0 radical (unpaired) electrons. The van der Waals surface area contributed by atoms with E-state index in [-0.39, 0.29) is 11.8 Å². The van der Waals surface area contributed by atoms with Crippen molar-refractivity contribution in [3.8, 4) is 5.75 Å². The number of benzene rings is 2. The number of nitrogens with zero attached hydrogens (tertiary/aromatic N) is 2. The average molecular weight is 485 g/mol. The number of aromatic nitrogens is 2. The van der Waals surface area contributed by atoms with Crippen molar-refractivity contribution >= 4 is 23.1 Å². The van der Waals surface area contributed by atoms with E-state index in [0.717, 1.165) is 24.7 Å². The maximum absolute atomic E-state index is 13.7. The summed E-state index contributed by atoms with van der Waals surface area (Å²) in [5, 5.41) is 5.83.